The normalized spacial score (nSPS) is 25.8. The molecule has 1 spiro atoms. The Hall–Kier alpha value is -2.24. The summed E-state index contributed by atoms with van der Waals surface area (Å²) in [5.41, 5.74) is 0.646. The molecule has 4 rings (SSSR count). The zero-order valence-corrected chi connectivity index (χ0v) is 14.4. The third-order valence-corrected chi connectivity index (χ3v) is 5.57. The first kappa shape index (κ1) is 16.2. The van der Waals surface area contributed by atoms with E-state index in [9.17, 15) is 9.59 Å². The number of hydrogen-bond donors (Lipinski definition) is 1. The minimum absolute atomic E-state index is 0.165. The van der Waals surface area contributed by atoms with Crippen LogP contribution < -0.4 is 5.32 Å². The van der Waals surface area contributed by atoms with Gasteiger partial charge in [0.15, 0.2) is 0 Å². The van der Waals surface area contributed by atoms with Crippen LogP contribution in [0.1, 0.15) is 56.7 Å². The quantitative estimate of drug-likeness (QED) is 0.663. The molecule has 1 aromatic heterocycles. The summed E-state index contributed by atoms with van der Waals surface area (Å²) in [5.74, 6) is 0.263. The molecular weight excluding hydrogens is 316 g/mol. The number of allylic oxidation sites excluding steroid dienone is 2. The SMILES string of the molecule is O=C(Nc1cnc(C2CC2)nc1)C(=O)N1CCCC2(CC=CCC2)C1. The van der Waals surface area contributed by atoms with Gasteiger partial charge in [0, 0.05) is 19.0 Å². The van der Waals surface area contributed by atoms with Crippen molar-refractivity contribution >= 4 is 17.5 Å². The summed E-state index contributed by atoms with van der Waals surface area (Å²) in [4.78, 5) is 35.2. The third kappa shape index (κ3) is 3.57. The number of carbonyl (C=O) groups is 2. The predicted octanol–water partition coefficient (Wildman–Crippen LogP) is 2.64. The van der Waals surface area contributed by atoms with Gasteiger partial charge in [0.2, 0.25) is 0 Å². The van der Waals surface area contributed by atoms with Crippen LogP contribution in [0.25, 0.3) is 0 Å². The maximum Gasteiger partial charge on any atom is 0.313 e. The van der Waals surface area contributed by atoms with Gasteiger partial charge in [0.1, 0.15) is 5.82 Å². The van der Waals surface area contributed by atoms with Gasteiger partial charge in [-0.2, -0.15) is 0 Å². The molecule has 2 fully saturated rings. The van der Waals surface area contributed by atoms with Gasteiger partial charge < -0.3 is 10.2 Å². The van der Waals surface area contributed by atoms with E-state index < -0.39 is 11.8 Å². The molecule has 6 nitrogen and oxygen atoms in total. The molecule has 1 aliphatic heterocycles. The molecule has 1 saturated carbocycles. The van der Waals surface area contributed by atoms with Crippen molar-refractivity contribution in [2.75, 3.05) is 18.4 Å². The van der Waals surface area contributed by atoms with Crippen LogP contribution in [0, 0.1) is 5.41 Å². The van der Waals surface area contributed by atoms with Crippen molar-refractivity contribution in [2.45, 2.75) is 50.9 Å². The second-order valence-corrected chi connectivity index (χ2v) is 7.60. The van der Waals surface area contributed by atoms with Crippen molar-refractivity contribution in [3.8, 4) is 0 Å². The topological polar surface area (TPSA) is 75.2 Å². The second-order valence-electron chi connectivity index (χ2n) is 7.60. The summed E-state index contributed by atoms with van der Waals surface area (Å²) in [6, 6.07) is 0. The predicted molar refractivity (Wildman–Crippen MR) is 93.9 cm³/mol. The molecule has 3 aliphatic rings. The van der Waals surface area contributed by atoms with Gasteiger partial charge in [0.05, 0.1) is 18.1 Å². The highest BCUT2D eigenvalue weighted by molar-refractivity contribution is 6.39. The van der Waals surface area contributed by atoms with Crippen LogP contribution in [0.15, 0.2) is 24.5 Å². The maximum atomic E-state index is 12.6. The van der Waals surface area contributed by atoms with E-state index >= 15 is 0 Å². The lowest BCUT2D eigenvalue weighted by Crippen LogP contribution is -2.49. The third-order valence-electron chi connectivity index (χ3n) is 5.57. The van der Waals surface area contributed by atoms with Crippen LogP contribution in [0.4, 0.5) is 5.69 Å². The summed E-state index contributed by atoms with van der Waals surface area (Å²) in [6.07, 6.45) is 15.2. The van der Waals surface area contributed by atoms with Gasteiger partial charge >= 0.3 is 11.8 Å². The van der Waals surface area contributed by atoms with Crippen molar-refractivity contribution in [3.05, 3.63) is 30.4 Å². The van der Waals surface area contributed by atoms with Gasteiger partial charge in [0.25, 0.3) is 0 Å². The summed E-state index contributed by atoms with van der Waals surface area (Å²) in [7, 11) is 0. The van der Waals surface area contributed by atoms with Crippen molar-refractivity contribution in [3.63, 3.8) is 0 Å². The van der Waals surface area contributed by atoms with E-state index in [1.165, 1.54) is 0 Å². The molecule has 6 heteroatoms. The van der Waals surface area contributed by atoms with E-state index in [4.69, 9.17) is 0 Å². The Morgan fingerprint density at radius 3 is 2.64 bits per heavy atom. The van der Waals surface area contributed by atoms with E-state index in [1.54, 1.807) is 17.3 Å². The highest BCUT2D eigenvalue weighted by atomic mass is 16.2. The van der Waals surface area contributed by atoms with Crippen LogP contribution in [-0.2, 0) is 9.59 Å². The van der Waals surface area contributed by atoms with Gasteiger partial charge in [-0.3, -0.25) is 9.59 Å². The van der Waals surface area contributed by atoms with Crippen LogP contribution >= 0.6 is 0 Å². The molecule has 1 atom stereocenters. The Balaban J connectivity index is 1.37. The van der Waals surface area contributed by atoms with Crippen molar-refractivity contribution in [1.29, 1.82) is 0 Å². The summed E-state index contributed by atoms with van der Waals surface area (Å²) in [6.45, 7) is 1.34. The lowest BCUT2D eigenvalue weighted by Gasteiger charge is -2.43. The molecule has 1 unspecified atom stereocenters. The van der Waals surface area contributed by atoms with Crippen LogP contribution in [0.2, 0.25) is 0 Å². The smallest absolute Gasteiger partial charge is 0.313 e. The Bertz CT molecular complexity index is 696. The largest absolute Gasteiger partial charge is 0.334 e. The molecule has 25 heavy (non-hydrogen) atoms. The van der Waals surface area contributed by atoms with Crippen molar-refractivity contribution in [1.82, 2.24) is 14.9 Å². The first-order valence-electron chi connectivity index (χ1n) is 9.22. The fourth-order valence-electron chi connectivity index (χ4n) is 3.98. The Morgan fingerprint density at radius 2 is 1.96 bits per heavy atom. The number of amides is 2. The van der Waals surface area contributed by atoms with Crippen molar-refractivity contribution in [2.24, 2.45) is 5.41 Å². The number of nitrogens with one attached hydrogen (secondary N) is 1. The van der Waals surface area contributed by atoms with Gasteiger partial charge in [-0.15, -0.1) is 0 Å². The highest BCUT2D eigenvalue weighted by Crippen LogP contribution is 2.41. The average Bonchev–Trinajstić information content (AvgIpc) is 3.47. The fourth-order valence-corrected chi connectivity index (χ4v) is 3.98. The number of piperidine rings is 1. The van der Waals surface area contributed by atoms with Crippen LogP contribution in [0.3, 0.4) is 0 Å². The Morgan fingerprint density at radius 1 is 1.16 bits per heavy atom. The van der Waals surface area contributed by atoms with E-state index in [0.29, 0.717) is 24.7 Å². The van der Waals surface area contributed by atoms with Gasteiger partial charge in [-0.1, -0.05) is 12.2 Å². The first-order chi connectivity index (χ1) is 12.2. The first-order valence-corrected chi connectivity index (χ1v) is 9.22. The van der Waals surface area contributed by atoms with E-state index in [0.717, 1.165) is 50.8 Å². The molecule has 0 bridgehead atoms. The summed E-state index contributed by atoms with van der Waals surface area (Å²) in [5, 5.41) is 2.65. The zero-order chi connectivity index (χ0) is 17.3. The number of aromatic nitrogens is 2. The van der Waals surface area contributed by atoms with Gasteiger partial charge in [-0.25, -0.2) is 9.97 Å². The molecule has 0 aromatic carbocycles. The summed E-state index contributed by atoms with van der Waals surface area (Å²) >= 11 is 0. The van der Waals surface area contributed by atoms with Crippen LogP contribution in [0.5, 0.6) is 0 Å². The molecule has 2 aliphatic carbocycles. The molecule has 132 valence electrons. The lowest BCUT2D eigenvalue weighted by molar-refractivity contribution is -0.145. The minimum Gasteiger partial charge on any atom is -0.334 e. The average molecular weight is 340 g/mol. The minimum atomic E-state index is -0.592. The Kier molecular flexibility index (Phi) is 4.27. The molecule has 1 aromatic rings. The number of hydrogen-bond acceptors (Lipinski definition) is 4. The fraction of sp³-hybridized carbons (Fsp3) is 0.579. The highest BCUT2D eigenvalue weighted by Gasteiger charge is 2.38. The maximum absolute atomic E-state index is 12.6. The number of nitrogens with zero attached hydrogens (tertiary/aromatic N) is 3. The Labute approximate surface area is 147 Å². The van der Waals surface area contributed by atoms with E-state index in [1.807, 2.05) is 0 Å². The molecule has 2 amide bonds. The zero-order valence-electron chi connectivity index (χ0n) is 14.4. The summed E-state index contributed by atoms with van der Waals surface area (Å²) < 4.78 is 0. The van der Waals surface area contributed by atoms with Crippen molar-refractivity contribution < 1.29 is 9.59 Å². The number of rotatable bonds is 2. The lowest BCUT2D eigenvalue weighted by atomic mass is 9.71. The second kappa shape index (κ2) is 6.58. The standard InChI is InChI=1S/C19H24N4O2/c24-17(22-15-11-20-16(21-12-15)14-5-6-14)18(25)23-10-4-9-19(13-23)7-2-1-3-8-19/h1-2,11-12,14H,3-10,13H2,(H,22,24). The molecule has 2 heterocycles. The van der Waals surface area contributed by atoms with Crippen LogP contribution in [-0.4, -0.2) is 39.8 Å². The number of carbonyl (C=O) groups excluding carboxylic acids is 2. The molecular formula is C19H24N4O2. The molecule has 1 N–H and O–H groups in total. The van der Waals surface area contributed by atoms with E-state index in [-0.39, 0.29) is 5.41 Å². The molecule has 1 saturated heterocycles. The van der Waals surface area contributed by atoms with Gasteiger partial charge in [-0.05, 0) is 50.4 Å². The number of anilines is 1. The number of likely N-dealkylation sites (tertiary alicyclic amines) is 1. The van der Waals surface area contributed by atoms with E-state index in [2.05, 4.69) is 27.4 Å². The monoisotopic (exact) mass is 340 g/mol. The molecule has 0 radical (unpaired) electrons.